The molecule has 0 bridgehead atoms. The second-order valence-electron chi connectivity index (χ2n) is 5.99. The van der Waals surface area contributed by atoms with Crippen LogP contribution < -0.4 is 10.6 Å². The topological polar surface area (TPSA) is 37.0 Å². The van der Waals surface area contributed by atoms with Gasteiger partial charge in [-0.05, 0) is 16.9 Å². The largest absolute Gasteiger partial charge is 0.369 e. The highest BCUT2D eigenvalue weighted by Crippen LogP contribution is 2.24. The van der Waals surface area contributed by atoms with E-state index in [4.69, 9.17) is 0 Å². The van der Waals surface area contributed by atoms with Crippen molar-refractivity contribution in [2.75, 3.05) is 11.9 Å². The predicted octanol–water partition coefficient (Wildman–Crippen LogP) is 3.80. The summed E-state index contributed by atoms with van der Waals surface area (Å²) in [4.78, 5) is 4.61. The molecule has 3 heteroatoms. The Balaban J connectivity index is 2.31. The van der Waals surface area contributed by atoms with Crippen molar-refractivity contribution in [3.05, 3.63) is 36.0 Å². The van der Waals surface area contributed by atoms with E-state index < -0.39 is 0 Å². The molecule has 108 valence electrons. The van der Waals surface area contributed by atoms with Gasteiger partial charge in [-0.2, -0.15) is 0 Å². The fourth-order valence-corrected chi connectivity index (χ4v) is 2.15. The van der Waals surface area contributed by atoms with Crippen LogP contribution in [0.1, 0.15) is 33.3 Å². The molecule has 2 aromatic rings. The first kappa shape index (κ1) is 14.8. The molecule has 2 rings (SSSR count). The first-order chi connectivity index (χ1) is 9.58. The number of rotatable bonds is 6. The number of fused-ring (bicyclic) bond motifs is 1. The van der Waals surface area contributed by atoms with Gasteiger partial charge in [0.1, 0.15) is 5.82 Å². The van der Waals surface area contributed by atoms with Crippen LogP contribution in [0, 0.1) is 5.92 Å². The minimum Gasteiger partial charge on any atom is -0.369 e. The molecule has 1 heterocycles. The van der Waals surface area contributed by atoms with Gasteiger partial charge in [-0.25, -0.2) is 4.98 Å². The van der Waals surface area contributed by atoms with Crippen LogP contribution in [0.25, 0.3) is 10.8 Å². The maximum atomic E-state index is 4.61. The highest BCUT2D eigenvalue weighted by atomic mass is 15.0. The zero-order valence-electron chi connectivity index (χ0n) is 12.9. The summed E-state index contributed by atoms with van der Waals surface area (Å²) in [6, 6.07) is 8.96. The molecule has 0 spiro atoms. The Labute approximate surface area is 121 Å². The molecule has 0 fully saturated rings. The van der Waals surface area contributed by atoms with Gasteiger partial charge in [-0.1, -0.05) is 52.0 Å². The summed E-state index contributed by atoms with van der Waals surface area (Å²) in [5, 5.41) is 9.40. The van der Waals surface area contributed by atoms with E-state index >= 15 is 0 Å². The lowest BCUT2D eigenvalue weighted by Gasteiger charge is -2.14. The zero-order valence-corrected chi connectivity index (χ0v) is 12.9. The van der Waals surface area contributed by atoms with Crippen molar-refractivity contribution in [2.24, 2.45) is 5.92 Å². The maximum Gasteiger partial charge on any atom is 0.133 e. The van der Waals surface area contributed by atoms with Crippen molar-refractivity contribution in [3.63, 3.8) is 0 Å². The lowest BCUT2D eigenvalue weighted by atomic mass is 10.1. The van der Waals surface area contributed by atoms with Gasteiger partial charge >= 0.3 is 0 Å². The number of benzene rings is 1. The van der Waals surface area contributed by atoms with Crippen LogP contribution in [0.5, 0.6) is 0 Å². The first-order valence-electron chi connectivity index (χ1n) is 7.41. The van der Waals surface area contributed by atoms with E-state index in [0.29, 0.717) is 12.0 Å². The Morgan fingerprint density at radius 3 is 2.40 bits per heavy atom. The van der Waals surface area contributed by atoms with E-state index in [1.165, 1.54) is 16.3 Å². The van der Waals surface area contributed by atoms with Crippen molar-refractivity contribution >= 4 is 16.6 Å². The lowest BCUT2D eigenvalue weighted by molar-refractivity contribution is 0.590. The number of pyridine rings is 1. The number of hydrogen-bond donors (Lipinski definition) is 2. The molecule has 1 aromatic carbocycles. The van der Waals surface area contributed by atoms with Gasteiger partial charge in [0, 0.05) is 30.7 Å². The molecule has 2 N–H and O–H groups in total. The van der Waals surface area contributed by atoms with Gasteiger partial charge in [0.15, 0.2) is 0 Å². The normalized spacial score (nSPS) is 11.5. The second kappa shape index (κ2) is 6.71. The van der Waals surface area contributed by atoms with Crippen molar-refractivity contribution in [2.45, 2.75) is 40.3 Å². The molecule has 0 aliphatic rings. The Morgan fingerprint density at radius 1 is 1.05 bits per heavy atom. The maximum absolute atomic E-state index is 4.61. The Bertz CT molecular complexity index is 511. The average molecular weight is 271 g/mol. The van der Waals surface area contributed by atoms with Crippen molar-refractivity contribution in [1.29, 1.82) is 0 Å². The van der Waals surface area contributed by atoms with Gasteiger partial charge in [-0.15, -0.1) is 0 Å². The summed E-state index contributed by atoms with van der Waals surface area (Å²) in [5.41, 5.74) is 1.25. The van der Waals surface area contributed by atoms with E-state index in [1.54, 1.807) is 0 Å². The molecule has 0 unspecified atom stereocenters. The van der Waals surface area contributed by atoms with Gasteiger partial charge in [0.25, 0.3) is 0 Å². The predicted molar refractivity (Wildman–Crippen MR) is 87.0 cm³/mol. The molecule has 0 saturated heterocycles. The third kappa shape index (κ3) is 3.70. The lowest BCUT2D eigenvalue weighted by Crippen LogP contribution is -2.22. The molecular weight excluding hydrogens is 246 g/mol. The third-order valence-electron chi connectivity index (χ3n) is 3.26. The smallest absolute Gasteiger partial charge is 0.133 e. The van der Waals surface area contributed by atoms with Crippen LogP contribution in [-0.2, 0) is 6.54 Å². The van der Waals surface area contributed by atoms with Crippen molar-refractivity contribution < 1.29 is 0 Å². The van der Waals surface area contributed by atoms with E-state index in [2.05, 4.69) is 67.6 Å². The van der Waals surface area contributed by atoms with Gasteiger partial charge in [-0.3, -0.25) is 0 Å². The van der Waals surface area contributed by atoms with Crippen LogP contribution in [-0.4, -0.2) is 17.6 Å². The van der Waals surface area contributed by atoms with Gasteiger partial charge in [0.05, 0.1) is 0 Å². The molecule has 1 aromatic heterocycles. The molecule has 0 aliphatic heterocycles. The summed E-state index contributed by atoms with van der Waals surface area (Å²) in [5.74, 6) is 1.60. The second-order valence-corrected chi connectivity index (χ2v) is 5.99. The number of anilines is 1. The Kier molecular flexibility index (Phi) is 4.96. The quantitative estimate of drug-likeness (QED) is 0.839. The molecular formula is C17H25N3. The summed E-state index contributed by atoms with van der Waals surface area (Å²) >= 11 is 0. The molecule has 0 amide bonds. The third-order valence-corrected chi connectivity index (χ3v) is 3.26. The molecule has 0 aliphatic carbocycles. The van der Waals surface area contributed by atoms with Crippen LogP contribution in [0.4, 0.5) is 5.82 Å². The monoisotopic (exact) mass is 271 g/mol. The highest BCUT2D eigenvalue weighted by molar-refractivity contribution is 5.93. The van der Waals surface area contributed by atoms with Crippen LogP contribution >= 0.6 is 0 Å². The number of nitrogens with one attached hydrogen (secondary N) is 2. The summed E-state index contributed by atoms with van der Waals surface area (Å²) in [6.45, 7) is 10.5. The molecule has 0 radical (unpaired) electrons. The van der Waals surface area contributed by atoms with Gasteiger partial charge in [0.2, 0.25) is 0 Å². The van der Waals surface area contributed by atoms with E-state index in [9.17, 15) is 0 Å². The number of hydrogen-bond acceptors (Lipinski definition) is 3. The first-order valence-corrected chi connectivity index (χ1v) is 7.41. The minimum absolute atomic E-state index is 0.479. The number of nitrogens with zero attached hydrogens (tertiary/aromatic N) is 1. The zero-order chi connectivity index (χ0) is 14.5. The SMILES string of the molecule is CC(C)CNc1ncc(CNC(C)C)c2ccccc12. The van der Waals surface area contributed by atoms with Crippen LogP contribution in [0.2, 0.25) is 0 Å². The average Bonchev–Trinajstić information content (AvgIpc) is 2.43. The Morgan fingerprint density at radius 2 is 1.75 bits per heavy atom. The Hall–Kier alpha value is -1.61. The van der Waals surface area contributed by atoms with Crippen LogP contribution in [0.3, 0.4) is 0 Å². The fraction of sp³-hybridized carbons (Fsp3) is 0.471. The molecule has 0 saturated carbocycles. The van der Waals surface area contributed by atoms with E-state index in [-0.39, 0.29) is 0 Å². The van der Waals surface area contributed by atoms with Crippen molar-refractivity contribution in [1.82, 2.24) is 10.3 Å². The summed E-state index contributed by atoms with van der Waals surface area (Å²) < 4.78 is 0. The van der Waals surface area contributed by atoms with Crippen molar-refractivity contribution in [3.8, 4) is 0 Å². The fourth-order valence-electron chi connectivity index (χ4n) is 2.15. The summed E-state index contributed by atoms with van der Waals surface area (Å²) in [7, 11) is 0. The van der Waals surface area contributed by atoms with Crippen LogP contribution in [0.15, 0.2) is 30.5 Å². The minimum atomic E-state index is 0.479. The summed E-state index contributed by atoms with van der Waals surface area (Å²) in [6.07, 6.45) is 1.99. The highest BCUT2D eigenvalue weighted by Gasteiger charge is 2.07. The number of aromatic nitrogens is 1. The van der Waals surface area contributed by atoms with Gasteiger partial charge < -0.3 is 10.6 Å². The van der Waals surface area contributed by atoms with E-state index in [0.717, 1.165) is 18.9 Å². The standard InChI is InChI=1S/C17H25N3/c1-12(2)9-19-17-16-8-6-5-7-15(16)14(11-20-17)10-18-13(3)4/h5-8,11-13,18H,9-10H2,1-4H3,(H,19,20). The van der Waals surface area contributed by atoms with E-state index in [1.807, 2.05) is 6.20 Å². The molecule has 20 heavy (non-hydrogen) atoms. The molecule has 0 atom stereocenters. The molecule has 3 nitrogen and oxygen atoms in total.